The largest absolute Gasteiger partial charge is 0.497 e. The summed E-state index contributed by atoms with van der Waals surface area (Å²) < 4.78 is 28.3. The standard InChI is InChI=1S/C17H17FO4/c1-20-14-7-3-12(4-8-14)16(17(19)21-2)11-22-15-9-5-13(18)6-10-15/h3-10,16H,11H2,1-2H3. The normalized spacial score (nSPS) is 11.6. The first kappa shape index (κ1) is 15.8. The van der Waals surface area contributed by atoms with Crippen LogP contribution in [-0.4, -0.2) is 26.8 Å². The molecular weight excluding hydrogens is 287 g/mol. The van der Waals surface area contributed by atoms with Crippen molar-refractivity contribution in [2.45, 2.75) is 5.92 Å². The van der Waals surface area contributed by atoms with Crippen molar-refractivity contribution >= 4 is 5.97 Å². The molecule has 0 aliphatic carbocycles. The third-order valence-electron chi connectivity index (χ3n) is 3.23. The zero-order valence-corrected chi connectivity index (χ0v) is 12.4. The summed E-state index contributed by atoms with van der Waals surface area (Å²) in [6.07, 6.45) is 0. The number of halogens is 1. The lowest BCUT2D eigenvalue weighted by molar-refractivity contribution is -0.143. The molecule has 2 rings (SSSR count). The van der Waals surface area contributed by atoms with Gasteiger partial charge in [-0.25, -0.2) is 4.39 Å². The zero-order chi connectivity index (χ0) is 15.9. The van der Waals surface area contributed by atoms with Crippen LogP contribution in [0.15, 0.2) is 48.5 Å². The van der Waals surface area contributed by atoms with Crippen LogP contribution < -0.4 is 9.47 Å². The fourth-order valence-electron chi connectivity index (χ4n) is 1.99. The van der Waals surface area contributed by atoms with Crippen LogP contribution in [0.25, 0.3) is 0 Å². The summed E-state index contributed by atoms with van der Waals surface area (Å²) in [6, 6.07) is 12.7. The number of carbonyl (C=O) groups is 1. The first-order valence-electron chi connectivity index (χ1n) is 6.74. The van der Waals surface area contributed by atoms with Gasteiger partial charge >= 0.3 is 5.97 Å². The summed E-state index contributed by atoms with van der Waals surface area (Å²) in [6.45, 7) is 0.102. The number of methoxy groups -OCH3 is 2. The first-order chi connectivity index (χ1) is 10.6. The van der Waals surface area contributed by atoms with Crippen LogP contribution in [0.1, 0.15) is 11.5 Å². The smallest absolute Gasteiger partial charge is 0.316 e. The first-order valence-corrected chi connectivity index (χ1v) is 6.74. The van der Waals surface area contributed by atoms with E-state index in [0.717, 1.165) is 5.56 Å². The van der Waals surface area contributed by atoms with Gasteiger partial charge in [-0.2, -0.15) is 0 Å². The predicted molar refractivity (Wildman–Crippen MR) is 79.6 cm³/mol. The Morgan fingerprint density at radius 1 is 1.00 bits per heavy atom. The minimum atomic E-state index is -0.569. The molecule has 0 fully saturated rings. The molecule has 0 saturated carbocycles. The molecule has 0 aliphatic heterocycles. The van der Waals surface area contributed by atoms with Crippen LogP contribution >= 0.6 is 0 Å². The second kappa shape index (κ2) is 7.45. The van der Waals surface area contributed by atoms with Crippen molar-refractivity contribution < 1.29 is 23.4 Å². The Morgan fingerprint density at radius 3 is 2.14 bits per heavy atom. The molecule has 0 aliphatic rings. The van der Waals surface area contributed by atoms with Gasteiger partial charge in [-0.1, -0.05) is 12.1 Å². The maximum absolute atomic E-state index is 12.9. The van der Waals surface area contributed by atoms with Crippen molar-refractivity contribution in [2.24, 2.45) is 0 Å². The van der Waals surface area contributed by atoms with Gasteiger partial charge in [0.15, 0.2) is 0 Å². The van der Waals surface area contributed by atoms with E-state index in [0.29, 0.717) is 11.5 Å². The quantitative estimate of drug-likeness (QED) is 0.769. The van der Waals surface area contributed by atoms with Crippen LogP contribution in [-0.2, 0) is 9.53 Å². The molecule has 22 heavy (non-hydrogen) atoms. The number of esters is 1. The highest BCUT2D eigenvalue weighted by molar-refractivity contribution is 5.78. The summed E-state index contributed by atoms with van der Waals surface area (Å²) in [5, 5.41) is 0. The van der Waals surface area contributed by atoms with Crippen molar-refractivity contribution in [3.8, 4) is 11.5 Å². The summed E-state index contributed by atoms with van der Waals surface area (Å²) in [7, 11) is 2.90. The summed E-state index contributed by atoms with van der Waals surface area (Å²) >= 11 is 0. The average molecular weight is 304 g/mol. The highest BCUT2D eigenvalue weighted by Crippen LogP contribution is 2.22. The molecule has 2 aromatic carbocycles. The third kappa shape index (κ3) is 3.97. The molecule has 0 bridgehead atoms. The van der Waals surface area contributed by atoms with E-state index in [1.54, 1.807) is 31.4 Å². The van der Waals surface area contributed by atoms with E-state index >= 15 is 0 Å². The molecule has 0 heterocycles. The zero-order valence-electron chi connectivity index (χ0n) is 12.4. The molecule has 0 amide bonds. The van der Waals surface area contributed by atoms with Crippen molar-refractivity contribution in [1.82, 2.24) is 0 Å². The molecule has 116 valence electrons. The van der Waals surface area contributed by atoms with Gasteiger partial charge in [0.2, 0.25) is 0 Å². The predicted octanol–water partition coefficient (Wildman–Crippen LogP) is 3.17. The lowest BCUT2D eigenvalue weighted by Crippen LogP contribution is -2.21. The number of ether oxygens (including phenoxy) is 3. The Labute approximate surface area is 128 Å². The third-order valence-corrected chi connectivity index (χ3v) is 3.23. The highest BCUT2D eigenvalue weighted by Gasteiger charge is 2.22. The second-order valence-corrected chi connectivity index (χ2v) is 4.61. The molecule has 1 atom stereocenters. The summed E-state index contributed by atoms with van der Waals surface area (Å²) in [5.41, 5.74) is 0.759. The van der Waals surface area contributed by atoms with Gasteiger partial charge in [-0.3, -0.25) is 4.79 Å². The van der Waals surface area contributed by atoms with Crippen molar-refractivity contribution in [2.75, 3.05) is 20.8 Å². The fourth-order valence-corrected chi connectivity index (χ4v) is 1.99. The Balaban J connectivity index is 2.11. The Kier molecular flexibility index (Phi) is 5.36. The lowest BCUT2D eigenvalue weighted by Gasteiger charge is -2.16. The topological polar surface area (TPSA) is 44.8 Å². The Bertz CT molecular complexity index is 608. The van der Waals surface area contributed by atoms with Gasteiger partial charge in [-0.15, -0.1) is 0 Å². The van der Waals surface area contributed by atoms with Crippen LogP contribution in [0, 0.1) is 5.82 Å². The van der Waals surface area contributed by atoms with E-state index in [-0.39, 0.29) is 12.4 Å². The van der Waals surface area contributed by atoms with E-state index in [1.807, 2.05) is 0 Å². The monoisotopic (exact) mass is 304 g/mol. The van der Waals surface area contributed by atoms with Gasteiger partial charge < -0.3 is 14.2 Å². The van der Waals surface area contributed by atoms with Gasteiger partial charge in [0.1, 0.15) is 29.8 Å². The summed E-state index contributed by atoms with van der Waals surface area (Å²) in [5.74, 6) is -0.115. The van der Waals surface area contributed by atoms with Crippen LogP contribution in [0.5, 0.6) is 11.5 Å². The van der Waals surface area contributed by atoms with Gasteiger partial charge in [0.05, 0.1) is 14.2 Å². The molecule has 2 aromatic rings. The minimum absolute atomic E-state index is 0.102. The van der Waals surface area contributed by atoms with Crippen molar-refractivity contribution in [3.63, 3.8) is 0 Å². The van der Waals surface area contributed by atoms with Crippen molar-refractivity contribution in [3.05, 3.63) is 59.9 Å². The van der Waals surface area contributed by atoms with Gasteiger partial charge in [-0.05, 0) is 42.0 Å². The molecule has 5 heteroatoms. The lowest BCUT2D eigenvalue weighted by atomic mass is 10.00. The molecule has 0 spiro atoms. The van der Waals surface area contributed by atoms with Gasteiger partial charge in [0.25, 0.3) is 0 Å². The van der Waals surface area contributed by atoms with E-state index in [4.69, 9.17) is 14.2 Å². The van der Waals surface area contributed by atoms with Crippen LogP contribution in [0.3, 0.4) is 0 Å². The SMILES string of the molecule is COC(=O)C(COc1ccc(F)cc1)c1ccc(OC)cc1. The summed E-state index contributed by atoms with van der Waals surface area (Å²) in [4.78, 5) is 11.9. The van der Waals surface area contributed by atoms with Crippen LogP contribution in [0.2, 0.25) is 0 Å². The maximum atomic E-state index is 12.9. The Morgan fingerprint density at radius 2 is 1.59 bits per heavy atom. The second-order valence-electron chi connectivity index (χ2n) is 4.61. The number of hydrogen-bond acceptors (Lipinski definition) is 4. The number of carbonyl (C=O) groups excluding carboxylic acids is 1. The molecule has 1 unspecified atom stereocenters. The molecule has 0 N–H and O–H groups in total. The fraction of sp³-hybridized carbons (Fsp3) is 0.235. The number of benzene rings is 2. The van der Waals surface area contributed by atoms with E-state index < -0.39 is 11.9 Å². The van der Waals surface area contributed by atoms with Gasteiger partial charge in [0, 0.05) is 0 Å². The average Bonchev–Trinajstić information content (AvgIpc) is 2.57. The van der Waals surface area contributed by atoms with E-state index in [1.165, 1.54) is 31.4 Å². The Hall–Kier alpha value is -2.56. The number of hydrogen-bond donors (Lipinski definition) is 0. The molecular formula is C17H17FO4. The van der Waals surface area contributed by atoms with Crippen LogP contribution in [0.4, 0.5) is 4.39 Å². The maximum Gasteiger partial charge on any atom is 0.316 e. The highest BCUT2D eigenvalue weighted by atomic mass is 19.1. The molecule has 4 nitrogen and oxygen atoms in total. The van der Waals surface area contributed by atoms with E-state index in [2.05, 4.69) is 0 Å². The molecule has 0 aromatic heterocycles. The molecule has 0 radical (unpaired) electrons. The molecule has 0 saturated heterocycles. The van der Waals surface area contributed by atoms with E-state index in [9.17, 15) is 9.18 Å². The number of rotatable bonds is 6. The van der Waals surface area contributed by atoms with Crippen molar-refractivity contribution in [1.29, 1.82) is 0 Å². The minimum Gasteiger partial charge on any atom is -0.497 e.